The first-order chi connectivity index (χ1) is 12.8. The molecular weight excluding hydrogens is 346 g/mol. The van der Waals surface area contributed by atoms with Crippen LogP contribution in [0.5, 0.6) is 0 Å². The van der Waals surface area contributed by atoms with E-state index in [0.717, 1.165) is 63.7 Å². The fourth-order valence-corrected chi connectivity index (χ4v) is 5.14. The molecule has 6 nitrogen and oxygen atoms in total. The van der Waals surface area contributed by atoms with Gasteiger partial charge in [-0.2, -0.15) is 11.8 Å². The van der Waals surface area contributed by atoms with Crippen LogP contribution in [0.15, 0.2) is 12.4 Å². The summed E-state index contributed by atoms with van der Waals surface area (Å²) in [6, 6.07) is 2.12. The molecule has 0 radical (unpaired) electrons. The topological polar surface area (TPSA) is 52.6 Å². The van der Waals surface area contributed by atoms with Gasteiger partial charge in [0.25, 0.3) is 0 Å². The molecule has 142 valence electrons. The van der Waals surface area contributed by atoms with E-state index in [4.69, 9.17) is 0 Å². The van der Waals surface area contributed by atoms with Crippen molar-refractivity contribution in [2.45, 2.75) is 32.1 Å². The highest BCUT2D eigenvalue weighted by Crippen LogP contribution is 2.27. The van der Waals surface area contributed by atoms with Crippen LogP contribution < -0.4 is 9.80 Å². The van der Waals surface area contributed by atoms with E-state index in [0.29, 0.717) is 5.91 Å². The summed E-state index contributed by atoms with van der Waals surface area (Å²) in [4.78, 5) is 28.4. The van der Waals surface area contributed by atoms with Gasteiger partial charge in [0.1, 0.15) is 18.0 Å². The van der Waals surface area contributed by atoms with Crippen LogP contribution in [-0.2, 0) is 4.79 Å². The zero-order valence-electron chi connectivity index (χ0n) is 15.5. The summed E-state index contributed by atoms with van der Waals surface area (Å²) in [6.45, 7) is 5.48. The third-order valence-electron chi connectivity index (χ3n) is 5.84. The molecule has 26 heavy (non-hydrogen) atoms. The first kappa shape index (κ1) is 17.9. The van der Waals surface area contributed by atoms with Crippen LogP contribution in [0.1, 0.15) is 32.1 Å². The van der Waals surface area contributed by atoms with Gasteiger partial charge in [0.15, 0.2) is 0 Å². The number of aromatic nitrogens is 2. The molecule has 0 spiro atoms. The maximum Gasteiger partial charge on any atom is 0.225 e. The lowest BCUT2D eigenvalue weighted by Crippen LogP contribution is -2.50. The molecule has 3 aliphatic rings. The predicted molar refractivity (Wildman–Crippen MR) is 107 cm³/mol. The summed E-state index contributed by atoms with van der Waals surface area (Å²) >= 11 is 2.01. The number of hydrogen-bond donors (Lipinski definition) is 0. The molecule has 7 heteroatoms. The summed E-state index contributed by atoms with van der Waals surface area (Å²) in [5.74, 6) is 5.04. The highest BCUT2D eigenvalue weighted by atomic mass is 32.2. The van der Waals surface area contributed by atoms with Crippen molar-refractivity contribution >= 4 is 29.3 Å². The quantitative estimate of drug-likeness (QED) is 0.808. The van der Waals surface area contributed by atoms with E-state index in [2.05, 4.69) is 30.7 Å². The molecule has 3 heterocycles. The van der Waals surface area contributed by atoms with E-state index in [1.165, 1.54) is 30.8 Å². The second-order valence-corrected chi connectivity index (χ2v) is 8.71. The normalized spacial score (nSPS) is 22.5. The van der Waals surface area contributed by atoms with Crippen LogP contribution >= 0.6 is 11.8 Å². The fraction of sp³-hybridized carbons (Fsp3) is 0.737. The average Bonchev–Trinajstić information content (AvgIpc) is 2.75. The van der Waals surface area contributed by atoms with Gasteiger partial charge in [-0.05, 0) is 12.8 Å². The Hall–Kier alpha value is -1.50. The first-order valence-electron chi connectivity index (χ1n) is 10.00. The molecule has 0 unspecified atom stereocenters. The number of amides is 1. The number of carbonyl (C=O) groups is 1. The predicted octanol–water partition coefficient (Wildman–Crippen LogP) is 2.26. The lowest BCUT2D eigenvalue weighted by molar-refractivity contribution is -0.136. The molecule has 3 fully saturated rings. The molecule has 0 atom stereocenters. The van der Waals surface area contributed by atoms with Crippen molar-refractivity contribution in [3.8, 4) is 0 Å². The third kappa shape index (κ3) is 4.08. The van der Waals surface area contributed by atoms with E-state index < -0.39 is 0 Å². The number of nitrogens with zero attached hydrogens (tertiary/aromatic N) is 5. The number of hydrogen-bond acceptors (Lipinski definition) is 6. The van der Waals surface area contributed by atoms with Gasteiger partial charge < -0.3 is 14.7 Å². The van der Waals surface area contributed by atoms with Crippen molar-refractivity contribution in [3.63, 3.8) is 0 Å². The van der Waals surface area contributed by atoms with Crippen molar-refractivity contribution in [3.05, 3.63) is 12.4 Å². The van der Waals surface area contributed by atoms with Crippen molar-refractivity contribution < 1.29 is 4.79 Å². The number of rotatable bonds is 3. The molecule has 2 aliphatic heterocycles. The van der Waals surface area contributed by atoms with E-state index in [1.54, 1.807) is 6.33 Å². The summed E-state index contributed by atoms with van der Waals surface area (Å²) in [5, 5.41) is 0. The van der Waals surface area contributed by atoms with Gasteiger partial charge >= 0.3 is 0 Å². The highest BCUT2D eigenvalue weighted by molar-refractivity contribution is 7.99. The minimum atomic E-state index is 0.276. The second kappa shape index (κ2) is 8.46. The molecule has 1 saturated carbocycles. The zero-order chi connectivity index (χ0) is 17.8. The molecule has 2 saturated heterocycles. The monoisotopic (exact) mass is 375 g/mol. The smallest absolute Gasteiger partial charge is 0.225 e. The van der Waals surface area contributed by atoms with Crippen molar-refractivity contribution in [2.75, 3.05) is 60.6 Å². The van der Waals surface area contributed by atoms with E-state index in [1.807, 2.05) is 11.8 Å². The van der Waals surface area contributed by atoms with Crippen molar-refractivity contribution in [1.82, 2.24) is 14.9 Å². The maximum absolute atomic E-state index is 12.7. The summed E-state index contributed by atoms with van der Waals surface area (Å²) in [5.41, 5.74) is 0. The van der Waals surface area contributed by atoms with E-state index in [-0.39, 0.29) is 5.92 Å². The van der Waals surface area contributed by atoms with Crippen LogP contribution in [0.2, 0.25) is 0 Å². The number of piperazine rings is 1. The average molecular weight is 376 g/mol. The Morgan fingerprint density at radius 1 is 0.885 bits per heavy atom. The van der Waals surface area contributed by atoms with Crippen molar-refractivity contribution in [2.24, 2.45) is 5.92 Å². The highest BCUT2D eigenvalue weighted by Gasteiger charge is 2.29. The summed E-state index contributed by atoms with van der Waals surface area (Å²) in [7, 11) is 0. The third-order valence-corrected chi connectivity index (χ3v) is 6.79. The number of carbonyl (C=O) groups excluding carboxylic acids is 1. The van der Waals surface area contributed by atoms with Crippen LogP contribution in [-0.4, -0.2) is 71.5 Å². The molecule has 0 N–H and O–H groups in total. The largest absolute Gasteiger partial charge is 0.355 e. The molecule has 1 aromatic heterocycles. The Labute approximate surface area is 160 Å². The van der Waals surface area contributed by atoms with Crippen LogP contribution in [0.3, 0.4) is 0 Å². The van der Waals surface area contributed by atoms with Gasteiger partial charge in [0.2, 0.25) is 5.91 Å². The molecule has 4 rings (SSSR count). The molecule has 0 bridgehead atoms. The Kier molecular flexibility index (Phi) is 5.82. The summed E-state index contributed by atoms with van der Waals surface area (Å²) < 4.78 is 0. The van der Waals surface area contributed by atoms with E-state index >= 15 is 0 Å². The minimum absolute atomic E-state index is 0.276. The minimum Gasteiger partial charge on any atom is -0.355 e. The lowest BCUT2D eigenvalue weighted by atomic mass is 9.88. The van der Waals surface area contributed by atoms with Crippen LogP contribution in [0.25, 0.3) is 0 Å². The lowest BCUT2D eigenvalue weighted by Gasteiger charge is -2.38. The Balaban J connectivity index is 1.35. The second-order valence-electron chi connectivity index (χ2n) is 7.48. The standard InChI is InChI=1S/C19H29N5OS/c25-19(16-4-2-1-3-5-16)24-8-6-22(7-9-24)17-14-18(21-15-20-17)23-10-12-26-13-11-23/h14-16H,1-13H2. The molecule has 1 aromatic rings. The van der Waals surface area contributed by atoms with Crippen LogP contribution in [0, 0.1) is 5.92 Å². The Morgan fingerprint density at radius 2 is 1.50 bits per heavy atom. The van der Waals surface area contributed by atoms with Gasteiger partial charge in [0.05, 0.1) is 0 Å². The van der Waals surface area contributed by atoms with Gasteiger partial charge in [-0.25, -0.2) is 9.97 Å². The van der Waals surface area contributed by atoms with Gasteiger partial charge in [-0.3, -0.25) is 4.79 Å². The molecule has 1 amide bonds. The van der Waals surface area contributed by atoms with Gasteiger partial charge in [-0.1, -0.05) is 19.3 Å². The van der Waals surface area contributed by atoms with Gasteiger partial charge in [0, 0.05) is 62.8 Å². The maximum atomic E-state index is 12.7. The fourth-order valence-electron chi connectivity index (χ4n) is 4.24. The van der Waals surface area contributed by atoms with Crippen molar-refractivity contribution in [1.29, 1.82) is 0 Å². The number of anilines is 2. The zero-order valence-corrected chi connectivity index (χ0v) is 16.3. The first-order valence-corrected chi connectivity index (χ1v) is 11.2. The van der Waals surface area contributed by atoms with Gasteiger partial charge in [-0.15, -0.1) is 0 Å². The van der Waals surface area contributed by atoms with Crippen LogP contribution in [0.4, 0.5) is 11.6 Å². The molecule has 0 aromatic carbocycles. The molecular formula is C19H29N5OS. The number of thioether (sulfide) groups is 1. The SMILES string of the molecule is O=C(C1CCCCC1)N1CCN(c2cc(N3CCSCC3)ncn2)CC1. The Bertz CT molecular complexity index is 608. The Morgan fingerprint density at radius 3 is 2.15 bits per heavy atom. The summed E-state index contributed by atoms with van der Waals surface area (Å²) in [6.07, 6.45) is 7.59. The molecule has 1 aliphatic carbocycles. The van der Waals surface area contributed by atoms with E-state index in [9.17, 15) is 4.79 Å².